The zero-order valence-corrected chi connectivity index (χ0v) is 10.6. The Hall–Kier alpha value is -1.32. The molecule has 2 aromatic rings. The van der Waals surface area contributed by atoms with Crippen molar-refractivity contribution in [1.82, 2.24) is 4.98 Å². The van der Waals surface area contributed by atoms with Crippen molar-refractivity contribution in [3.63, 3.8) is 0 Å². The Kier molecular flexibility index (Phi) is 3.22. The third kappa shape index (κ3) is 2.51. The molecule has 88 valence electrons. The van der Waals surface area contributed by atoms with Crippen LogP contribution < -0.4 is 5.73 Å². The number of halogens is 2. The summed E-state index contributed by atoms with van der Waals surface area (Å²) in [7, 11) is 0. The van der Waals surface area contributed by atoms with E-state index in [-0.39, 0.29) is 6.42 Å². The average Bonchev–Trinajstić information content (AvgIpc) is 2.19. The first-order valence-corrected chi connectivity index (χ1v) is 5.76. The Labute approximate surface area is 109 Å². The first-order valence-electron chi connectivity index (χ1n) is 5.01. The van der Waals surface area contributed by atoms with Crippen LogP contribution in [0.1, 0.15) is 11.3 Å². The number of rotatable bonds is 2. The Balaban J connectivity index is 2.77. The van der Waals surface area contributed by atoms with Gasteiger partial charge in [-0.2, -0.15) is 0 Å². The summed E-state index contributed by atoms with van der Waals surface area (Å²) in [4.78, 5) is 15.4. The van der Waals surface area contributed by atoms with Gasteiger partial charge in [0.25, 0.3) is 0 Å². The number of benzene rings is 1. The van der Waals surface area contributed by atoms with Crippen LogP contribution in [-0.2, 0) is 11.2 Å². The van der Waals surface area contributed by atoms with Crippen molar-refractivity contribution < 1.29 is 4.79 Å². The molecule has 1 aromatic carbocycles. The maximum atomic E-state index is 11.0. The molecule has 1 amide bonds. The van der Waals surface area contributed by atoms with E-state index in [4.69, 9.17) is 28.9 Å². The fourth-order valence-corrected chi connectivity index (χ4v) is 2.30. The SMILES string of the molecule is Cc1cc(Cl)c2cc(Cl)cc(CC(N)=O)c2n1. The van der Waals surface area contributed by atoms with Crippen molar-refractivity contribution in [3.05, 3.63) is 39.5 Å². The first-order chi connectivity index (χ1) is 7.97. The highest BCUT2D eigenvalue weighted by Crippen LogP contribution is 2.29. The highest BCUT2D eigenvalue weighted by atomic mass is 35.5. The molecule has 17 heavy (non-hydrogen) atoms. The molecule has 0 spiro atoms. The number of hydrogen-bond acceptors (Lipinski definition) is 2. The number of primary amides is 1. The number of carbonyl (C=O) groups is 1. The van der Waals surface area contributed by atoms with Gasteiger partial charge in [0, 0.05) is 16.1 Å². The van der Waals surface area contributed by atoms with Crippen molar-refractivity contribution >= 4 is 40.0 Å². The van der Waals surface area contributed by atoms with Crippen LogP contribution >= 0.6 is 23.2 Å². The summed E-state index contributed by atoms with van der Waals surface area (Å²) in [5.74, 6) is -0.423. The summed E-state index contributed by atoms with van der Waals surface area (Å²) in [6, 6.07) is 5.18. The number of nitrogens with zero attached hydrogens (tertiary/aromatic N) is 1. The van der Waals surface area contributed by atoms with Crippen LogP contribution in [0.25, 0.3) is 10.9 Å². The maximum absolute atomic E-state index is 11.0. The molecule has 0 aliphatic heterocycles. The molecule has 1 heterocycles. The fraction of sp³-hybridized carbons (Fsp3) is 0.167. The van der Waals surface area contributed by atoms with Crippen molar-refractivity contribution in [2.45, 2.75) is 13.3 Å². The van der Waals surface area contributed by atoms with Crippen LogP contribution in [0.15, 0.2) is 18.2 Å². The largest absolute Gasteiger partial charge is 0.369 e. The van der Waals surface area contributed by atoms with Gasteiger partial charge >= 0.3 is 0 Å². The number of amides is 1. The molecule has 0 saturated heterocycles. The zero-order valence-electron chi connectivity index (χ0n) is 9.13. The molecule has 5 heteroatoms. The third-order valence-electron chi connectivity index (χ3n) is 2.40. The number of carbonyl (C=O) groups excluding carboxylic acids is 1. The van der Waals surface area contributed by atoms with E-state index in [1.54, 1.807) is 18.2 Å². The van der Waals surface area contributed by atoms with Gasteiger partial charge in [-0.1, -0.05) is 23.2 Å². The molecule has 0 unspecified atom stereocenters. The van der Waals surface area contributed by atoms with Gasteiger partial charge in [-0.3, -0.25) is 9.78 Å². The maximum Gasteiger partial charge on any atom is 0.221 e. The van der Waals surface area contributed by atoms with Gasteiger partial charge in [-0.15, -0.1) is 0 Å². The van der Waals surface area contributed by atoms with Gasteiger partial charge in [0.05, 0.1) is 17.0 Å². The van der Waals surface area contributed by atoms with E-state index in [9.17, 15) is 4.79 Å². The summed E-state index contributed by atoms with van der Waals surface area (Å²) in [5, 5.41) is 1.82. The lowest BCUT2D eigenvalue weighted by molar-refractivity contribution is -0.117. The number of hydrogen-bond donors (Lipinski definition) is 1. The van der Waals surface area contributed by atoms with Gasteiger partial charge < -0.3 is 5.73 Å². The van der Waals surface area contributed by atoms with Gasteiger partial charge in [-0.25, -0.2) is 0 Å². The lowest BCUT2D eigenvalue weighted by Crippen LogP contribution is -2.14. The molecule has 3 nitrogen and oxygen atoms in total. The van der Waals surface area contributed by atoms with E-state index in [2.05, 4.69) is 4.98 Å². The van der Waals surface area contributed by atoms with Gasteiger partial charge in [0.2, 0.25) is 5.91 Å². The van der Waals surface area contributed by atoms with Gasteiger partial charge in [-0.05, 0) is 30.7 Å². The number of fused-ring (bicyclic) bond motifs is 1. The number of pyridine rings is 1. The molecule has 0 saturated carbocycles. The molecular formula is C12H10Cl2N2O. The number of nitrogens with two attached hydrogens (primary N) is 1. The summed E-state index contributed by atoms with van der Waals surface area (Å²) in [6.45, 7) is 1.84. The molecule has 0 bridgehead atoms. The molecule has 2 N–H and O–H groups in total. The summed E-state index contributed by atoms with van der Waals surface area (Å²) in [5.41, 5.74) is 7.36. The lowest BCUT2D eigenvalue weighted by Gasteiger charge is -2.08. The van der Waals surface area contributed by atoms with Crippen LogP contribution in [0.3, 0.4) is 0 Å². The monoisotopic (exact) mass is 268 g/mol. The van der Waals surface area contributed by atoms with E-state index in [1.165, 1.54) is 0 Å². The summed E-state index contributed by atoms with van der Waals surface area (Å²) in [6.07, 6.45) is 0.101. The molecule has 0 radical (unpaired) electrons. The predicted octanol–water partition coefficient (Wildman–Crippen LogP) is 2.88. The van der Waals surface area contributed by atoms with Gasteiger partial charge in [0.1, 0.15) is 0 Å². The molecule has 2 rings (SSSR count). The fourth-order valence-electron chi connectivity index (χ4n) is 1.76. The van der Waals surface area contributed by atoms with Crippen molar-refractivity contribution in [2.75, 3.05) is 0 Å². The standard InChI is InChI=1S/C12H10Cl2N2O/c1-6-2-10(14)9-5-8(13)3-7(4-11(15)17)12(9)16-6/h2-3,5H,4H2,1H3,(H2,15,17). The quantitative estimate of drug-likeness (QED) is 0.911. The minimum absolute atomic E-state index is 0.101. The molecular weight excluding hydrogens is 259 g/mol. The summed E-state index contributed by atoms with van der Waals surface area (Å²) >= 11 is 12.1. The zero-order chi connectivity index (χ0) is 12.6. The summed E-state index contributed by atoms with van der Waals surface area (Å²) < 4.78 is 0. The van der Waals surface area contributed by atoms with E-state index >= 15 is 0 Å². The Bertz CT molecular complexity index is 611. The first kappa shape index (κ1) is 12.1. The van der Waals surface area contributed by atoms with E-state index in [1.807, 2.05) is 6.92 Å². The van der Waals surface area contributed by atoms with Crippen LogP contribution in [-0.4, -0.2) is 10.9 Å². The Morgan fingerprint density at radius 3 is 2.71 bits per heavy atom. The second-order valence-electron chi connectivity index (χ2n) is 3.85. The second-order valence-corrected chi connectivity index (χ2v) is 4.69. The normalized spacial score (nSPS) is 10.8. The van der Waals surface area contributed by atoms with Crippen LogP contribution in [0, 0.1) is 6.92 Å². The van der Waals surface area contributed by atoms with Crippen LogP contribution in [0.4, 0.5) is 0 Å². The topological polar surface area (TPSA) is 56.0 Å². The average molecular weight is 269 g/mol. The highest BCUT2D eigenvalue weighted by molar-refractivity contribution is 6.37. The van der Waals surface area contributed by atoms with Crippen molar-refractivity contribution in [1.29, 1.82) is 0 Å². The van der Waals surface area contributed by atoms with Gasteiger partial charge in [0.15, 0.2) is 0 Å². The Morgan fingerprint density at radius 1 is 1.35 bits per heavy atom. The third-order valence-corrected chi connectivity index (χ3v) is 2.93. The molecule has 0 fully saturated rings. The molecule has 0 aliphatic rings. The number of aryl methyl sites for hydroxylation is 1. The predicted molar refractivity (Wildman–Crippen MR) is 69.4 cm³/mol. The lowest BCUT2D eigenvalue weighted by atomic mass is 10.1. The molecule has 0 aliphatic carbocycles. The number of aromatic nitrogens is 1. The van der Waals surface area contributed by atoms with Crippen LogP contribution in [0.5, 0.6) is 0 Å². The highest BCUT2D eigenvalue weighted by Gasteiger charge is 2.10. The van der Waals surface area contributed by atoms with E-state index in [0.29, 0.717) is 21.1 Å². The van der Waals surface area contributed by atoms with E-state index < -0.39 is 5.91 Å². The Morgan fingerprint density at radius 2 is 2.06 bits per heavy atom. The minimum atomic E-state index is -0.423. The molecule has 1 aromatic heterocycles. The minimum Gasteiger partial charge on any atom is -0.369 e. The van der Waals surface area contributed by atoms with Crippen LogP contribution in [0.2, 0.25) is 10.0 Å². The molecule has 0 atom stereocenters. The van der Waals surface area contributed by atoms with Crippen molar-refractivity contribution in [2.24, 2.45) is 5.73 Å². The van der Waals surface area contributed by atoms with E-state index in [0.717, 1.165) is 11.1 Å². The smallest absolute Gasteiger partial charge is 0.221 e. The van der Waals surface area contributed by atoms with Crippen molar-refractivity contribution in [3.8, 4) is 0 Å². The second kappa shape index (κ2) is 4.51.